The number of aromatic nitrogens is 1. The van der Waals surface area contributed by atoms with E-state index in [4.69, 9.17) is 4.98 Å². The van der Waals surface area contributed by atoms with Crippen molar-refractivity contribution in [1.29, 1.82) is 0 Å². The van der Waals surface area contributed by atoms with E-state index in [0.29, 0.717) is 16.8 Å². The summed E-state index contributed by atoms with van der Waals surface area (Å²) in [7, 11) is 0. The third-order valence-corrected chi connectivity index (χ3v) is 9.32. The first-order valence-electron chi connectivity index (χ1n) is 12.3. The van der Waals surface area contributed by atoms with Gasteiger partial charge in [0.2, 0.25) is 11.8 Å². The molecule has 2 amide bonds. The third kappa shape index (κ3) is 6.61. The molecule has 39 heavy (non-hydrogen) atoms. The van der Waals surface area contributed by atoms with Crippen molar-refractivity contribution in [2.24, 2.45) is 0 Å². The van der Waals surface area contributed by atoms with Gasteiger partial charge in [-0.15, -0.1) is 23.1 Å². The first kappa shape index (κ1) is 27.2. The SMILES string of the molecule is Cc1cccc(C)c1NC(=O)CSCC(=O)Nc1ccc2nc(SCc3ccc(F)c4ccccc34)sc2c1. The fourth-order valence-corrected chi connectivity index (χ4v) is 6.98. The maximum absolute atomic E-state index is 14.1. The van der Waals surface area contributed by atoms with E-state index < -0.39 is 0 Å². The Hall–Kier alpha value is -3.40. The summed E-state index contributed by atoms with van der Waals surface area (Å²) in [4.78, 5) is 29.5. The number of fused-ring (bicyclic) bond motifs is 2. The number of halogens is 1. The van der Waals surface area contributed by atoms with Crippen LogP contribution in [-0.4, -0.2) is 28.3 Å². The van der Waals surface area contributed by atoms with Crippen LogP contribution in [0.15, 0.2) is 77.1 Å². The normalized spacial score (nSPS) is 11.2. The molecule has 0 unspecified atom stereocenters. The summed E-state index contributed by atoms with van der Waals surface area (Å²) < 4.78 is 16.0. The number of rotatable bonds is 9. The number of anilines is 2. The molecule has 0 aliphatic carbocycles. The second kappa shape index (κ2) is 12.2. The van der Waals surface area contributed by atoms with Crippen molar-refractivity contribution < 1.29 is 14.0 Å². The van der Waals surface area contributed by atoms with Crippen molar-refractivity contribution in [2.45, 2.75) is 23.9 Å². The molecule has 0 radical (unpaired) electrons. The van der Waals surface area contributed by atoms with Crippen LogP contribution in [0.2, 0.25) is 0 Å². The van der Waals surface area contributed by atoms with Gasteiger partial charge in [0, 0.05) is 22.5 Å². The van der Waals surface area contributed by atoms with Crippen molar-refractivity contribution in [3.63, 3.8) is 0 Å². The zero-order chi connectivity index (χ0) is 27.4. The van der Waals surface area contributed by atoms with Crippen molar-refractivity contribution in [3.05, 3.63) is 95.3 Å². The lowest BCUT2D eigenvalue weighted by Crippen LogP contribution is -2.19. The van der Waals surface area contributed by atoms with Crippen LogP contribution in [-0.2, 0) is 15.3 Å². The number of para-hydroxylation sites is 1. The molecule has 198 valence electrons. The molecule has 4 aromatic carbocycles. The van der Waals surface area contributed by atoms with E-state index in [-0.39, 0.29) is 29.1 Å². The highest BCUT2D eigenvalue weighted by atomic mass is 32.2. The van der Waals surface area contributed by atoms with Gasteiger partial charge in [0.15, 0.2) is 4.34 Å². The largest absolute Gasteiger partial charge is 0.325 e. The van der Waals surface area contributed by atoms with Gasteiger partial charge < -0.3 is 10.6 Å². The topological polar surface area (TPSA) is 71.1 Å². The molecular formula is C30H26FN3O2S3. The minimum absolute atomic E-state index is 0.130. The number of amides is 2. The maximum Gasteiger partial charge on any atom is 0.234 e. The summed E-state index contributed by atoms with van der Waals surface area (Å²) in [5.74, 6) is 0.537. The highest BCUT2D eigenvalue weighted by Gasteiger charge is 2.12. The van der Waals surface area contributed by atoms with Crippen LogP contribution >= 0.6 is 34.9 Å². The minimum Gasteiger partial charge on any atom is -0.325 e. The molecule has 5 nitrogen and oxygen atoms in total. The molecule has 9 heteroatoms. The van der Waals surface area contributed by atoms with E-state index in [1.807, 2.05) is 74.5 Å². The molecule has 0 aliphatic rings. The van der Waals surface area contributed by atoms with Gasteiger partial charge in [0.25, 0.3) is 0 Å². The van der Waals surface area contributed by atoms with Crippen LogP contribution in [0.25, 0.3) is 21.0 Å². The Morgan fingerprint density at radius 2 is 1.59 bits per heavy atom. The number of thioether (sulfide) groups is 2. The van der Waals surface area contributed by atoms with E-state index in [0.717, 1.165) is 42.3 Å². The molecule has 0 spiro atoms. The van der Waals surface area contributed by atoms with Gasteiger partial charge in [-0.1, -0.05) is 60.3 Å². The fourth-order valence-electron chi connectivity index (χ4n) is 4.25. The molecule has 2 N–H and O–H groups in total. The molecule has 0 bridgehead atoms. The van der Waals surface area contributed by atoms with Crippen LogP contribution in [0.1, 0.15) is 16.7 Å². The van der Waals surface area contributed by atoms with Crippen LogP contribution < -0.4 is 10.6 Å². The number of hydrogen-bond donors (Lipinski definition) is 2. The number of carbonyl (C=O) groups is 2. The second-order valence-corrected chi connectivity index (χ2v) is 12.3. The highest BCUT2D eigenvalue weighted by molar-refractivity contribution is 8.00. The maximum atomic E-state index is 14.1. The quantitative estimate of drug-likeness (QED) is 0.175. The summed E-state index contributed by atoms with van der Waals surface area (Å²) >= 11 is 4.44. The Morgan fingerprint density at radius 1 is 0.872 bits per heavy atom. The summed E-state index contributed by atoms with van der Waals surface area (Å²) in [5.41, 5.74) is 5.46. The Bertz CT molecular complexity index is 1670. The molecule has 0 atom stereocenters. The third-order valence-electron chi connectivity index (χ3n) is 6.18. The van der Waals surface area contributed by atoms with Gasteiger partial charge in [0.1, 0.15) is 5.82 Å². The number of carbonyl (C=O) groups excluding carboxylic acids is 2. The van der Waals surface area contributed by atoms with Crippen molar-refractivity contribution in [3.8, 4) is 0 Å². The Labute approximate surface area is 238 Å². The lowest BCUT2D eigenvalue weighted by Gasteiger charge is -2.11. The number of nitrogens with zero attached hydrogens (tertiary/aromatic N) is 1. The lowest BCUT2D eigenvalue weighted by atomic mass is 10.1. The number of thiazole rings is 1. The number of benzene rings is 4. The molecule has 0 fully saturated rings. The predicted octanol–water partition coefficient (Wildman–Crippen LogP) is 7.81. The van der Waals surface area contributed by atoms with Crippen LogP contribution in [0.3, 0.4) is 0 Å². The number of hydrogen-bond acceptors (Lipinski definition) is 6. The summed E-state index contributed by atoms with van der Waals surface area (Å²) in [6.45, 7) is 3.91. The second-order valence-electron chi connectivity index (χ2n) is 9.06. The zero-order valence-electron chi connectivity index (χ0n) is 21.4. The smallest absolute Gasteiger partial charge is 0.234 e. The summed E-state index contributed by atoms with van der Waals surface area (Å²) in [6, 6.07) is 22.4. The van der Waals surface area contributed by atoms with Gasteiger partial charge in [-0.05, 0) is 60.2 Å². The molecule has 5 rings (SSSR count). The average Bonchev–Trinajstić information content (AvgIpc) is 3.33. The van der Waals surface area contributed by atoms with Gasteiger partial charge in [0.05, 0.1) is 21.7 Å². The standard InChI is InChI=1S/C30H26FN3O2S3/c1-18-6-5-7-19(2)29(18)34-28(36)17-37-16-27(35)32-21-11-13-25-26(14-21)39-30(33-25)38-15-20-10-12-24(31)23-9-4-3-8-22(20)23/h3-14H,15-17H2,1-2H3,(H,32,35)(H,34,36). The lowest BCUT2D eigenvalue weighted by molar-refractivity contribution is -0.114. The van der Waals surface area contributed by atoms with E-state index in [1.165, 1.54) is 17.8 Å². The Balaban J connectivity index is 1.14. The van der Waals surface area contributed by atoms with E-state index in [9.17, 15) is 14.0 Å². The first-order valence-corrected chi connectivity index (χ1v) is 15.3. The molecule has 0 saturated heterocycles. The molecule has 5 aromatic rings. The Morgan fingerprint density at radius 3 is 2.36 bits per heavy atom. The Kier molecular flexibility index (Phi) is 8.50. The van der Waals surface area contributed by atoms with Gasteiger partial charge in [-0.25, -0.2) is 9.37 Å². The van der Waals surface area contributed by atoms with E-state index in [2.05, 4.69) is 10.6 Å². The average molecular weight is 576 g/mol. The summed E-state index contributed by atoms with van der Waals surface area (Å²) in [6.07, 6.45) is 0. The van der Waals surface area contributed by atoms with Crippen LogP contribution in [0, 0.1) is 19.7 Å². The van der Waals surface area contributed by atoms with Crippen molar-refractivity contribution in [2.75, 3.05) is 22.1 Å². The minimum atomic E-state index is -0.215. The van der Waals surface area contributed by atoms with Gasteiger partial charge >= 0.3 is 0 Å². The molecule has 0 saturated carbocycles. The van der Waals surface area contributed by atoms with Gasteiger partial charge in [-0.3, -0.25) is 9.59 Å². The van der Waals surface area contributed by atoms with Crippen LogP contribution in [0.5, 0.6) is 0 Å². The number of nitrogens with one attached hydrogen (secondary N) is 2. The van der Waals surface area contributed by atoms with Crippen LogP contribution in [0.4, 0.5) is 15.8 Å². The first-order chi connectivity index (χ1) is 18.9. The van der Waals surface area contributed by atoms with Crippen molar-refractivity contribution in [1.82, 2.24) is 4.98 Å². The number of aryl methyl sites for hydroxylation is 2. The predicted molar refractivity (Wildman–Crippen MR) is 164 cm³/mol. The summed E-state index contributed by atoms with van der Waals surface area (Å²) in [5, 5.41) is 7.39. The molecular weight excluding hydrogens is 550 g/mol. The zero-order valence-corrected chi connectivity index (χ0v) is 23.9. The van der Waals surface area contributed by atoms with Crippen molar-refractivity contribution >= 4 is 79.0 Å². The fraction of sp³-hybridized carbons (Fsp3) is 0.167. The van der Waals surface area contributed by atoms with Gasteiger partial charge in [-0.2, -0.15) is 0 Å². The molecule has 1 heterocycles. The van der Waals surface area contributed by atoms with E-state index >= 15 is 0 Å². The highest BCUT2D eigenvalue weighted by Crippen LogP contribution is 2.34. The molecule has 1 aromatic heterocycles. The van der Waals surface area contributed by atoms with E-state index in [1.54, 1.807) is 29.2 Å². The molecule has 0 aliphatic heterocycles. The monoisotopic (exact) mass is 575 g/mol.